The molecular weight excluding hydrogens is 241 g/mol. The number of aliphatic hydroxyl groups excluding tert-OH is 1. The minimum Gasteiger partial charge on any atom is -0.391 e. The van der Waals surface area contributed by atoms with Crippen molar-refractivity contribution in [3.63, 3.8) is 0 Å². The van der Waals surface area contributed by atoms with Gasteiger partial charge in [0.15, 0.2) is 0 Å². The molecule has 2 rings (SSSR count). The Morgan fingerprint density at radius 3 is 2.83 bits per heavy atom. The number of aliphatic hydroxyl groups is 1. The summed E-state index contributed by atoms with van der Waals surface area (Å²) >= 11 is 0. The third-order valence-corrected chi connectivity index (χ3v) is 2.80. The van der Waals surface area contributed by atoms with Crippen LogP contribution in [-0.4, -0.2) is 45.5 Å². The Labute approximate surface area is 102 Å². The summed E-state index contributed by atoms with van der Waals surface area (Å²) in [5.74, 6) is -2.10. The van der Waals surface area contributed by atoms with Crippen LogP contribution in [0.3, 0.4) is 0 Å². The molecule has 18 heavy (non-hydrogen) atoms. The van der Waals surface area contributed by atoms with E-state index in [1.54, 1.807) is 0 Å². The van der Waals surface area contributed by atoms with Crippen LogP contribution >= 0.6 is 0 Å². The second-order valence-corrected chi connectivity index (χ2v) is 4.11. The van der Waals surface area contributed by atoms with Crippen molar-refractivity contribution in [1.82, 2.24) is 9.88 Å². The van der Waals surface area contributed by atoms with Crippen molar-refractivity contribution in [2.75, 3.05) is 6.54 Å². The number of carbonyl (C=O) groups excluding carboxylic acids is 2. The van der Waals surface area contributed by atoms with Gasteiger partial charge in [-0.25, -0.2) is 4.98 Å². The number of hydrogen-bond acceptors (Lipinski definition) is 4. The molecule has 2 unspecified atom stereocenters. The zero-order valence-corrected chi connectivity index (χ0v) is 9.41. The van der Waals surface area contributed by atoms with E-state index in [-0.39, 0.29) is 18.7 Å². The summed E-state index contributed by atoms with van der Waals surface area (Å²) < 4.78 is 12.9. The van der Waals surface area contributed by atoms with Crippen molar-refractivity contribution < 1.29 is 19.1 Å². The van der Waals surface area contributed by atoms with Crippen molar-refractivity contribution in [1.29, 1.82) is 0 Å². The molecule has 2 heterocycles. The molecule has 6 nitrogen and oxygen atoms in total. The first kappa shape index (κ1) is 12.4. The van der Waals surface area contributed by atoms with Gasteiger partial charge in [0.25, 0.3) is 5.91 Å². The fourth-order valence-corrected chi connectivity index (χ4v) is 1.98. The van der Waals surface area contributed by atoms with Gasteiger partial charge in [-0.15, -0.1) is 0 Å². The van der Waals surface area contributed by atoms with Gasteiger partial charge in [0.2, 0.25) is 11.9 Å². The highest BCUT2D eigenvalue weighted by Gasteiger charge is 2.38. The van der Waals surface area contributed by atoms with Crippen LogP contribution in [0, 0.1) is 5.95 Å². The maximum Gasteiger partial charge on any atom is 0.273 e. The summed E-state index contributed by atoms with van der Waals surface area (Å²) in [7, 11) is 0. The predicted molar refractivity (Wildman–Crippen MR) is 58.8 cm³/mol. The molecule has 0 saturated carbocycles. The maximum atomic E-state index is 12.9. The molecule has 2 amide bonds. The largest absolute Gasteiger partial charge is 0.391 e. The van der Waals surface area contributed by atoms with Gasteiger partial charge in [-0.1, -0.05) is 6.07 Å². The Kier molecular flexibility index (Phi) is 3.24. The van der Waals surface area contributed by atoms with E-state index in [4.69, 9.17) is 5.73 Å². The van der Waals surface area contributed by atoms with Crippen LogP contribution < -0.4 is 5.73 Å². The molecule has 1 aliphatic rings. The van der Waals surface area contributed by atoms with E-state index in [0.29, 0.717) is 0 Å². The first-order chi connectivity index (χ1) is 8.49. The number of rotatable bonds is 2. The van der Waals surface area contributed by atoms with Crippen molar-refractivity contribution in [2.24, 2.45) is 5.73 Å². The summed E-state index contributed by atoms with van der Waals surface area (Å²) in [5, 5.41) is 9.47. The number of amides is 2. The minimum atomic E-state index is -0.877. The fourth-order valence-electron chi connectivity index (χ4n) is 1.98. The Hall–Kier alpha value is -2.02. The standard InChI is InChI=1S/C11H12FN3O3/c12-9-3-1-2-7(14-9)11(18)15-5-6(16)4-8(15)10(13)17/h1-3,6,8,16H,4-5H2,(H2,13,17). The SMILES string of the molecule is NC(=O)C1CC(O)CN1C(=O)c1cccc(F)n1. The zero-order chi connectivity index (χ0) is 13.3. The Morgan fingerprint density at radius 2 is 2.22 bits per heavy atom. The third-order valence-electron chi connectivity index (χ3n) is 2.80. The number of likely N-dealkylation sites (tertiary alicyclic amines) is 1. The molecule has 1 fully saturated rings. The van der Waals surface area contributed by atoms with Crippen LogP contribution in [0.15, 0.2) is 18.2 Å². The van der Waals surface area contributed by atoms with E-state index < -0.39 is 29.9 Å². The molecule has 0 spiro atoms. The topological polar surface area (TPSA) is 96.5 Å². The number of β-amino-alcohol motifs (C(OH)–C–C–N with tert-alkyl or cyclic N) is 1. The molecule has 0 aromatic carbocycles. The van der Waals surface area contributed by atoms with Crippen LogP contribution in [0.4, 0.5) is 4.39 Å². The lowest BCUT2D eigenvalue weighted by molar-refractivity contribution is -0.121. The number of nitrogens with two attached hydrogens (primary N) is 1. The van der Waals surface area contributed by atoms with Crippen molar-refractivity contribution in [2.45, 2.75) is 18.6 Å². The van der Waals surface area contributed by atoms with Crippen LogP contribution in [-0.2, 0) is 4.79 Å². The van der Waals surface area contributed by atoms with Crippen molar-refractivity contribution in [3.05, 3.63) is 29.8 Å². The molecular formula is C11H12FN3O3. The monoisotopic (exact) mass is 253 g/mol. The number of primary amides is 1. The predicted octanol–water partition coefficient (Wildman–Crippen LogP) is -0.719. The molecule has 1 saturated heterocycles. The van der Waals surface area contributed by atoms with Crippen LogP contribution in [0.5, 0.6) is 0 Å². The van der Waals surface area contributed by atoms with Gasteiger partial charge >= 0.3 is 0 Å². The average molecular weight is 253 g/mol. The lowest BCUT2D eigenvalue weighted by atomic mass is 10.2. The highest BCUT2D eigenvalue weighted by Crippen LogP contribution is 2.19. The lowest BCUT2D eigenvalue weighted by Crippen LogP contribution is -2.44. The van der Waals surface area contributed by atoms with E-state index in [9.17, 15) is 19.1 Å². The third kappa shape index (κ3) is 2.30. The number of halogens is 1. The fraction of sp³-hybridized carbons (Fsp3) is 0.364. The maximum absolute atomic E-state index is 12.9. The van der Waals surface area contributed by atoms with E-state index in [1.165, 1.54) is 12.1 Å². The summed E-state index contributed by atoms with van der Waals surface area (Å²) in [5.41, 5.74) is 5.04. The van der Waals surface area contributed by atoms with Gasteiger partial charge in [-0.3, -0.25) is 9.59 Å². The summed E-state index contributed by atoms with van der Waals surface area (Å²) in [6, 6.07) is 2.93. The second kappa shape index (κ2) is 4.69. The van der Waals surface area contributed by atoms with Crippen LogP contribution in [0.25, 0.3) is 0 Å². The van der Waals surface area contributed by atoms with E-state index >= 15 is 0 Å². The number of carbonyl (C=O) groups is 2. The average Bonchev–Trinajstić information content (AvgIpc) is 2.70. The molecule has 96 valence electrons. The quantitative estimate of drug-likeness (QED) is 0.680. The summed E-state index contributed by atoms with van der Waals surface area (Å²) in [6.07, 6.45) is -0.712. The molecule has 1 aromatic rings. The number of pyridine rings is 1. The summed E-state index contributed by atoms with van der Waals surface area (Å²) in [4.78, 5) is 27.8. The van der Waals surface area contributed by atoms with Crippen molar-refractivity contribution >= 4 is 11.8 Å². The van der Waals surface area contributed by atoms with Gasteiger partial charge in [-0.2, -0.15) is 4.39 Å². The highest BCUT2D eigenvalue weighted by molar-refractivity contribution is 5.96. The molecule has 2 atom stereocenters. The lowest BCUT2D eigenvalue weighted by Gasteiger charge is -2.21. The van der Waals surface area contributed by atoms with Gasteiger partial charge in [-0.05, 0) is 12.1 Å². The van der Waals surface area contributed by atoms with Gasteiger partial charge in [0.05, 0.1) is 6.10 Å². The minimum absolute atomic E-state index is 0.00929. The smallest absolute Gasteiger partial charge is 0.273 e. The van der Waals surface area contributed by atoms with Crippen LogP contribution in [0.1, 0.15) is 16.9 Å². The second-order valence-electron chi connectivity index (χ2n) is 4.11. The number of nitrogens with zero attached hydrogens (tertiary/aromatic N) is 2. The van der Waals surface area contributed by atoms with E-state index in [2.05, 4.69) is 4.98 Å². The normalized spacial score (nSPS) is 23.1. The van der Waals surface area contributed by atoms with E-state index in [1.807, 2.05) is 0 Å². The van der Waals surface area contributed by atoms with Gasteiger partial charge in [0.1, 0.15) is 11.7 Å². The molecule has 0 radical (unpaired) electrons. The molecule has 7 heteroatoms. The molecule has 1 aliphatic heterocycles. The van der Waals surface area contributed by atoms with Crippen molar-refractivity contribution in [3.8, 4) is 0 Å². The highest BCUT2D eigenvalue weighted by atomic mass is 19.1. The molecule has 3 N–H and O–H groups in total. The zero-order valence-electron chi connectivity index (χ0n) is 9.41. The first-order valence-corrected chi connectivity index (χ1v) is 5.40. The number of aromatic nitrogens is 1. The van der Waals surface area contributed by atoms with Crippen LogP contribution in [0.2, 0.25) is 0 Å². The Balaban J connectivity index is 2.25. The molecule has 1 aromatic heterocycles. The Morgan fingerprint density at radius 1 is 1.50 bits per heavy atom. The van der Waals surface area contributed by atoms with E-state index in [0.717, 1.165) is 11.0 Å². The first-order valence-electron chi connectivity index (χ1n) is 5.40. The van der Waals surface area contributed by atoms with Gasteiger partial charge in [0, 0.05) is 13.0 Å². The summed E-state index contributed by atoms with van der Waals surface area (Å²) in [6.45, 7) is -0.00929. The number of hydrogen-bond donors (Lipinski definition) is 2. The molecule has 0 bridgehead atoms. The Bertz CT molecular complexity index is 494. The van der Waals surface area contributed by atoms with Gasteiger partial charge < -0.3 is 15.7 Å². The molecule has 0 aliphatic carbocycles.